The Morgan fingerprint density at radius 1 is 1.30 bits per heavy atom. The number of anilines is 1. The lowest BCUT2D eigenvalue weighted by molar-refractivity contribution is -0.137. The van der Waals surface area contributed by atoms with Gasteiger partial charge in [0.2, 0.25) is 11.8 Å². The highest BCUT2D eigenvalue weighted by molar-refractivity contribution is 6.33. The fourth-order valence-corrected chi connectivity index (χ4v) is 3.47. The molecule has 1 fully saturated rings. The number of nitrogens with one attached hydrogen (secondary N) is 2. The van der Waals surface area contributed by atoms with E-state index in [0.29, 0.717) is 53.9 Å². The molecule has 2 amide bonds. The normalized spacial score (nSPS) is 15.2. The molecule has 8 heteroatoms. The maximum absolute atomic E-state index is 12.6. The lowest BCUT2D eigenvalue weighted by atomic mass is 9.95. The predicted octanol–water partition coefficient (Wildman–Crippen LogP) is 3.27. The second kappa shape index (κ2) is 8.08. The number of hydrogen-bond acceptors (Lipinski definition) is 4. The van der Waals surface area contributed by atoms with Gasteiger partial charge in [-0.15, -0.1) is 0 Å². The van der Waals surface area contributed by atoms with Crippen LogP contribution in [0, 0.1) is 18.8 Å². The molecule has 27 heavy (non-hydrogen) atoms. The first-order valence-electron chi connectivity index (χ1n) is 9.13. The molecular weight excluding hydrogens is 366 g/mol. The molecule has 2 heterocycles. The summed E-state index contributed by atoms with van der Waals surface area (Å²) in [5, 5.41) is 10.3. The van der Waals surface area contributed by atoms with Crippen molar-refractivity contribution in [3.8, 4) is 11.4 Å². The average molecular weight is 390 g/mol. The van der Waals surface area contributed by atoms with Crippen LogP contribution in [-0.4, -0.2) is 45.0 Å². The number of benzene rings is 1. The van der Waals surface area contributed by atoms with Crippen LogP contribution in [-0.2, 0) is 9.59 Å². The van der Waals surface area contributed by atoms with Crippen LogP contribution in [0.25, 0.3) is 11.4 Å². The monoisotopic (exact) mass is 389 g/mol. The van der Waals surface area contributed by atoms with Gasteiger partial charge in [-0.25, -0.2) is 4.98 Å². The summed E-state index contributed by atoms with van der Waals surface area (Å²) in [5.41, 5.74) is 1.35. The van der Waals surface area contributed by atoms with Gasteiger partial charge in [-0.05, 0) is 38.0 Å². The van der Waals surface area contributed by atoms with E-state index >= 15 is 0 Å². The molecule has 1 aromatic carbocycles. The van der Waals surface area contributed by atoms with E-state index in [-0.39, 0.29) is 23.7 Å². The lowest BCUT2D eigenvalue weighted by Gasteiger charge is -2.32. The molecule has 7 nitrogen and oxygen atoms in total. The number of H-pyrrole nitrogens is 1. The third kappa shape index (κ3) is 4.47. The molecular formula is C19H24ClN5O2. The largest absolute Gasteiger partial charge is 0.342 e. The van der Waals surface area contributed by atoms with E-state index in [1.165, 1.54) is 0 Å². The van der Waals surface area contributed by atoms with Gasteiger partial charge in [-0.3, -0.25) is 14.7 Å². The van der Waals surface area contributed by atoms with Gasteiger partial charge in [0, 0.05) is 36.2 Å². The summed E-state index contributed by atoms with van der Waals surface area (Å²) >= 11 is 6.34. The topological polar surface area (TPSA) is 91.0 Å². The molecule has 3 rings (SSSR count). The Kier molecular flexibility index (Phi) is 5.79. The Morgan fingerprint density at radius 3 is 2.56 bits per heavy atom. The van der Waals surface area contributed by atoms with Crippen molar-refractivity contribution in [2.24, 2.45) is 11.8 Å². The van der Waals surface area contributed by atoms with Crippen LogP contribution in [0.3, 0.4) is 0 Å². The van der Waals surface area contributed by atoms with E-state index in [1.807, 2.05) is 25.7 Å². The second-order valence-corrected chi connectivity index (χ2v) is 7.59. The van der Waals surface area contributed by atoms with Crippen LogP contribution in [0.2, 0.25) is 5.02 Å². The van der Waals surface area contributed by atoms with Crippen molar-refractivity contribution in [3.05, 3.63) is 29.0 Å². The minimum atomic E-state index is -0.102. The number of aromatic amines is 1. The maximum Gasteiger partial charge on any atom is 0.227 e. The van der Waals surface area contributed by atoms with E-state index in [2.05, 4.69) is 20.5 Å². The van der Waals surface area contributed by atoms with Crippen LogP contribution in [0.15, 0.2) is 18.2 Å². The molecule has 1 saturated heterocycles. The molecule has 0 bridgehead atoms. The first-order chi connectivity index (χ1) is 12.8. The SMILES string of the molecule is Cc1nc(-c2ccc(NC(=O)C3CCN(C(=O)C(C)C)CC3)cc2Cl)n[nH]1. The number of piperidine rings is 1. The van der Waals surface area contributed by atoms with Crippen LogP contribution in [0.1, 0.15) is 32.5 Å². The Labute approximate surface area is 163 Å². The molecule has 0 radical (unpaired) electrons. The molecule has 0 aliphatic carbocycles. The molecule has 0 spiro atoms. The zero-order valence-corrected chi connectivity index (χ0v) is 16.5. The molecule has 2 aromatic rings. The summed E-state index contributed by atoms with van der Waals surface area (Å²) in [7, 11) is 0. The quantitative estimate of drug-likeness (QED) is 0.839. The molecule has 0 atom stereocenters. The highest BCUT2D eigenvalue weighted by atomic mass is 35.5. The second-order valence-electron chi connectivity index (χ2n) is 7.18. The minimum absolute atomic E-state index is 0.0103. The van der Waals surface area contributed by atoms with Gasteiger partial charge < -0.3 is 10.2 Å². The Hall–Kier alpha value is -2.41. The number of rotatable bonds is 4. The van der Waals surface area contributed by atoms with Crippen molar-refractivity contribution in [2.45, 2.75) is 33.6 Å². The standard InChI is InChI=1S/C19H24ClN5O2/c1-11(2)19(27)25-8-6-13(7-9-25)18(26)22-14-4-5-15(16(20)10-14)17-21-12(3)23-24-17/h4-5,10-11,13H,6-9H2,1-3H3,(H,22,26)(H,21,23,24). The summed E-state index contributed by atoms with van der Waals surface area (Å²) < 4.78 is 0. The first-order valence-corrected chi connectivity index (χ1v) is 9.51. The van der Waals surface area contributed by atoms with Crippen molar-refractivity contribution in [3.63, 3.8) is 0 Å². The number of carbonyl (C=O) groups is 2. The molecule has 0 unspecified atom stereocenters. The van der Waals surface area contributed by atoms with E-state index in [1.54, 1.807) is 18.2 Å². The molecule has 1 aliphatic rings. The third-order valence-electron chi connectivity index (χ3n) is 4.75. The fraction of sp³-hybridized carbons (Fsp3) is 0.474. The van der Waals surface area contributed by atoms with E-state index in [4.69, 9.17) is 11.6 Å². The number of aromatic nitrogens is 3. The zero-order valence-electron chi connectivity index (χ0n) is 15.8. The zero-order chi connectivity index (χ0) is 19.6. The minimum Gasteiger partial charge on any atom is -0.342 e. The molecule has 1 aromatic heterocycles. The van der Waals surface area contributed by atoms with Crippen LogP contribution < -0.4 is 5.32 Å². The number of halogens is 1. The summed E-state index contributed by atoms with van der Waals surface area (Å²) in [6.07, 6.45) is 1.35. The molecule has 2 N–H and O–H groups in total. The van der Waals surface area contributed by atoms with Gasteiger partial charge in [-0.2, -0.15) is 5.10 Å². The highest BCUT2D eigenvalue weighted by Crippen LogP contribution is 2.29. The smallest absolute Gasteiger partial charge is 0.227 e. The van der Waals surface area contributed by atoms with Gasteiger partial charge in [0.05, 0.1) is 5.02 Å². The van der Waals surface area contributed by atoms with Gasteiger partial charge in [-0.1, -0.05) is 25.4 Å². The molecule has 0 saturated carbocycles. The first kappa shape index (κ1) is 19.4. The summed E-state index contributed by atoms with van der Waals surface area (Å²) in [5.74, 6) is 1.24. The summed E-state index contributed by atoms with van der Waals surface area (Å²) in [6.45, 7) is 6.86. The average Bonchev–Trinajstić information content (AvgIpc) is 3.07. The van der Waals surface area contributed by atoms with Crippen LogP contribution >= 0.6 is 11.6 Å². The number of hydrogen-bond donors (Lipinski definition) is 2. The van der Waals surface area contributed by atoms with Gasteiger partial charge >= 0.3 is 0 Å². The Bertz CT molecular complexity index is 840. The number of carbonyl (C=O) groups excluding carboxylic acids is 2. The molecule has 144 valence electrons. The number of amides is 2. The third-order valence-corrected chi connectivity index (χ3v) is 5.06. The number of nitrogens with zero attached hydrogens (tertiary/aromatic N) is 3. The van der Waals surface area contributed by atoms with Crippen molar-refractivity contribution in [1.82, 2.24) is 20.1 Å². The van der Waals surface area contributed by atoms with E-state index < -0.39 is 0 Å². The van der Waals surface area contributed by atoms with Crippen molar-refractivity contribution in [2.75, 3.05) is 18.4 Å². The van der Waals surface area contributed by atoms with Crippen molar-refractivity contribution in [1.29, 1.82) is 0 Å². The summed E-state index contributed by atoms with van der Waals surface area (Å²) in [6, 6.07) is 5.30. The van der Waals surface area contributed by atoms with E-state index in [0.717, 1.165) is 0 Å². The van der Waals surface area contributed by atoms with Crippen LogP contribution in [0.5, 0.6) is 0 Å². The highest BCUT2D eigenvalue weighted by Gasteiger charge is 2.28. The predicted molar refractivity (Wildman–Crippen MR) is 104 cm³/mol. The van der Waals surface area contributed by atoms with Crippen molar-refractivity contribution < 1.29 is 9.59 Å². The Balaban J connectivity index is 1.60. The lowest BCUT2D eigenvalue weighted by Crippen LogP contribution is -2.43. The van der Waals surface area contributed by atoms with Gasteiger partial charge in [0.15, 0.2) is 5.82 Å². The van der Waals surface area contributed by atoms with E-state index in [9.17, 15) is 9.59 Å². The van der Waals surface area contributed by atoms with Crippen molar-refractivity contribution >= 4 is 29.1 Å². The van der Waals surface area contributed by atoms with Gasteiger partial charge in [0.25, 0.3) is 0 Å². The Morgan fingerprint density at radius 2 is 2.00 bits per heavy atom. The fourth-order valence-electron chi connectivity index (χ4n) is 3.21. The number of aryl methyl sites for hydroxylation is 1. The summed E-state index contributed by atoms with van der Waals surface area (Å²) in [4.78, 5) is 30.7. The van der Waals surface area contributed by atoms with Crippen LogP contribution in [0.4, 0.5) is 5.69 Å². The maximum atomic E-state index is 12.6. The van der Waals surface area contributed by atoms with Gasteiger partial charge in [0.1, 0.15) is 5.82 Å². The molecule has 1 aliphatic heterocycles. The number of likely N-dealkylation sites (tertiary alicyclic amines) is 1.